The molecule has 1 heterocycles. The molecule has 2 heteroatoms. The van der Waals surface area contributed by atoms with Gasteiger partial charge in [-0.15, -0.1) is 0 Å². The summed E-state index contributed by atoms with van der Waals surface area (Å²) in [6.07, 6.45) is 0. The van der Waals surface area contributed by atoms with Crippen LogP contribution >= 0.6 is 0 Å². The number of hydrogen-bond acceptors (Lipinski definition) is 2. The number of anilines is 3. The first-order chi connectivity index (χ1) is 36.7. The molecule has 1 spiro atoms. The van der Waals surface area contributed by atoms with Crippen LogP contribution in [0.4, 0.5) is 17.1 Å². The third-order valence-electron chi connectivity index (χ3n) is 16.7. The minimum atomic E-state index is -0.575. The van der Waals surface area contributed by atoms with E-state index in [0.717, 1.165) is 50.1 Å². The average molecular weight is 940 g/mol. The van der Waals surface area contributed by atoms with Crippen LogP contribution in [-0.4, -0.2) is 0 Å². The van der Waals surface area contributed by atoms with E-state index in [4.69, 9.17) is 4.42 Å². The van der Waals surface area contributed by atoms with E-state index < -0.39 is 10.8 Å². The Bertz CT molecular complexity index is 4240. The van der Waals surface area contributed by atoms with Gasteiger partial charge in [-0.05, 0) is 149 Å². The number of fused-ring (bicyclic) bond motifs is 17. The molecule has 344 valence electrons. The molecule has 0 unspecified atom stereocenters. The Morgan fingerprint density at radius 2 is 0.689 bits per heavy atom. The molecule has 3 aliphatic carbocycles. The van der Waals surface area contributed by atoms with E-state index in [1.165, 1.54) is 88.7 Å². The van der Waals surface area contributed by atoms with Crippen molar-refractivity contribution in [1.82, 2.24) is 0 Å². The van der Waals surface area contributed by atoms with E-state index in [1.807, 2.05) is 0 Å². The highest BCUT2D eigenvalue weighted by molar-refractivity contribution is 6.11. The standard InChI is InChI=1S/C72H45NO/c1-3-21-49(22-4-1)71(50-23-5-2-6-24-50)62-30-14-9-28-56(62)58-38-36-51(44-66(58)71)73(68-34-18-13-25-53(68)48-35-40-69-60(42-48)61-41-46-19-7-8-20-47(46)43-70(61)74-69)52-37-39-59-57-29-12-17-33-65(57)72(67(59)45-52)63-31-15-10-26-54(63)55-27-11-16-32-64(55)72/h1-45H. The zero-order valence-electron chi connectivity index (χ0n) is 40.3. The van der Waals surface area contributed by atoms with Crippen LogP contribution in [-0.2, 0) is 10.8 Å². The van der Waals surface area contributed by atoms with Crippen molar-refractivity contribution in [2.45, 2.75) is 10.8 Å². The molecule has 0 N–H and O–H groups in total. The van der Waals surface area contributed by atoms with Crippen molar-refractivity contribution in [3.63, 3.8) is 0 Å². The summed E-state index contributed by atoms with van der Waals surface area (Å²) >= 11 is 0. The molecule has 0 saturated carbocycles. The minimum absolute atomic E-state index is 0.507. The smallest absolute Gasteiger partial charge is 0.136 e. The molecule has 16 rings (SSSR count). The second kappa shape index (κ2) is 15.5. The van der Waals surface area contributed by atoms with Crippen LogP contribution in [0.15, 0.2) is 277 Å². The van der Waals surface area contributed by atoms with Gasteiger partial charge in [-0.3, -0.25) is 0 Å². The molecule has 1 aromatic heterocycles. The highest BCUT2D eigenvalue weighted by atomic mass is 16.3. The molecule has 0 bridgehead atoms. The Kier molecular flexibility index (Phi) is 8.62. The van der Waals surface area contributed by atoms with Crippen LogP contribution < -0.4 is 4.90 Å². The third kappa shape index (κ3) is 5.49. The Labute approximate surface area is 429 Å². The molecule has 3 aliphatic rings. The van der Waals surface area contributed by atoms with Crippen LogP contribution in [0.2, 0.25) is 0 Å². The number of nitrogens with zero attached hydrogens (tertiary/aromatic N) is 1. The van der Waals surface area contributed by atoms with Gasteiger partial charge in [0.1, 0.15) is 11.2 Å². The summed E-state index contributed by atoms with van der Waals surface area (Å²) < 4.78 is 6.58. The van der Waals surface area contributed by atoms with Crippen molar-refractivity contribution in [2.24, 2.45) is 0 Å². The fourth-order valence-electron chi connectivity index (χ4n) is 13.8. The zero-order chi connectivity index (χ0) is 48.5. The molecule has 0 amide bonds. The van der Waals surface area contributed by atoms with Crippen molar-refractivity contribution >= 4 is 49.8 Å². The summed E-state index contributed by atoms with van der Waals surface area (Å²) in [4.78, 5) is 2.54. The van der Waals surface area contributed by atoms with Crippen LogP contribution in [0, 0.1) is 0 Å². The Hall–Kier alpha value is -9.50. The van der Waals surface area contributed by atoms with Gasteiger partial charge >= 0.3 is 0 Å². The van der Waals surface area contributed by atoms with E-state index in [-0.39, 0.29) is 0 Å². The topological polar surface area (TPSA) is 16.4 Å². The molecule has 0 saturated heterocycles. The summed E-state index contributed by atoms with van der Waals surface area (Å²) in [5.41, 5.74) is 24.2. The molecule has 0 fully saturated rings. The Morgan fingerprint density at radius 3 is 1.24 bits per heavy atom. The van der Waals surface area contributed by atoms with Crippen molar-refractivity contribution < 1.29 is 4.42 Å². The molecule has 74 heavy (non-hydrogen) atoms. The van der Waals surface area contributed by atoms with Crippen molar-refractivity contribution in [3.8, 4) is 44.5 Å². The van der Waals surface area contributed by atoms with Gasteiger partial charge in [0.15, 0.2) is 0 Å². The van der Waals surface area contributed by atoms with Crippen LogP contribution in [0.3, 0.4) is 0 Å². The first kappa shape index (κ1) is 41.2. The number of benzene rings is 12. The monoisotopic (exact) mass is 939 g/mol. The summed E-state index contributed by atoms with van der Waals surface area (Å²) in [7, 11) is 0. The van der Waals surface area contributed by atoms with Gasteiger partial charge < -0.3 is 9.32 Å². The summed E-state index contributed by atoms with van der Waals surface area (Å²) in [6, 6.07) is 102. The fraction of sp³-hybridized carbons (Fsp3) is 0.0278. The normalized spacial score (nSPS) is 13.9. The molecule has 13 aromatic rings. The lowest BCUT2D eigenvalue weighted by atomic mass is 9.67. The van der Waals surface area contributed by atoms with E-state index in [0.29, 0.717) is 0 Å². The predicted molar refractivity (Wildman–Crippen MR) is 305 cm³/mol. The number of furan rings is 1. The molecular formula is C72H45NO. The van der Waals surface area contributed by atoms with Gasteiger partial charge in [-0.1, -0.05) is 218 Å². The largest absolute Gasteiger partial charge is 0.456 e. The Morgan fingerprint density at radius 1 is 0.270 bits per heavy atom. The van der Waals surface area contributed by atoms with Gasteiger partial charge in [0.05, 0.1) is 16.5 Å². The first-order valence-corrected chi connectivity index (χ1v) is 25.7. The number of para-hydroxylation sites is 1. The minimum Gasteiger partial charge on any atom is -0.456 e. The molecule has 0 aliphatic heterocycles. The van der Waals surface area contributed by atoms with Crippen LogP contribution in [0.5, 0.6) is 0 Å². The van der Waals surface area contributed by atoms with Gasteiger partial charge in [0, 0.05) is 27.7 Å². The third-order valence-corrected chi connectivity index (χ3v) is 16.7. The van der Waals surface area contributed by atoms with Crippen molar-refractivity contribution in [1.29, 1.82) is 0 Å². The maximum Gasteiger partial charge on any atom is 0.136 e. The number of hydrogen-bond donors (Lipinski definition) is 0. The lowest BCUT2D eigenvalue weighted by molar-refractivity contribution is 0.669. The summed E-state index contributed by atoms with van der Waals surface area (Å²) in [5.74, 6) is 0. The molecular weight excluding hydrogens is 895 g/mol. The summed E-state index contributed by atoms with van der Waals surface area (Å²) in [6.45, 7) is 0. The second-order valence-electron chi connectivity index (χ2n) is 20.2. The van der Waals surface area contributed by atoms with E-state index in [9.17, 15) is 0 Å². The van der Waals surface area contributed by atoms with Gasteiger partial charge in [0.25, 0.3) is 0 Å². The van der Waals surface area contributed by atoms with Crippen molar-refractivity contribution in [3.05, 3.63) is 317 Å². The maximum atomic E-state index is 6.58. The Balaban J connectivity index is 0.978. The SMILES string of the molecule is c1ccc(C2(c3ccccc3)c3ccccc3-c3ccc(N(c4ccc5c(c4)C4(c6ccccc6-c6ccccc64)c4ccccc4-5)c4ccccc4-c4ccc5oc6cc7ccccc7cc6c5c4)cc32)cc1. The molecule has 2 nitrogen and oxygen atoms in total. The quantitative estimate of drug-likeness (QED) is 0.165. The van der Waals surface area contributed by atoms with Gasteiger partial charge in [-0.25, -0.2) is 0 Å². The van der Waals surface area contributed by atoms with E-state index in [2.05, 4.69) is 278 Å². The van der Waals surface area contributed by atoms with Crippen LogP contribution in [0.25, 0.3) is 77.2 Å². The molecule has 0 radical (unpaired) electrons. The molecule has 0 atom stereocenters. The number of rotatable bonds is 6. The first-order valence-electron chi connectivity index (χ1n) is 25.7. The van der Waals surface area contributed by atoms with Gasteiger partial charge in [-0.2, -0.15) is 0 Å². The average Bonchev–Trinajstić information content (AvgIpc) is 4.22. The fourth-order valence-corrected chi connectivity index (χ4v) is 13.8. The van der Waals surface area contributed by atoms with E-state index >= 15 is 0 Å². The van der Waals surface area contributed by atoms with Crippen LogP contribution in [0.1, 0.15) is 44.5 Å². The summed E-state index contributed by atoms with van der Waals surface area (Å²) in [5, 5.41) is 4.59. The van der Waals surface area contributed by atoms with Crippen molar-refractivity contribution in [2.75, 3.05) is 4.90 Å². The lowest BCUT2D eigenvalue weighted by Crippen LogP contribution is -2.28. The van der Waals surface area contributed by atoms with Gasteiger partial charge in [0.2, 0.25) is 0 Å². The lowest BCUT2D eigenvalue weighted by Gasteiger charge is -2.35. The maximum absolute atomic E-state index is 6.58. The highest BCUT2D eigenvalue weighted by Gasteiger charge is 2.52. The zero-order valence-corrected chi connectivity index (χ0v) is 40.3. The molecule has 12 aromatic carbocycles. The van der Waals surface area contributed by atoms with E-state index in [1.54, 1.807) is 0 Å². The second-order valence-corrected chi connectivity index (χ2v) is 20.2. The highest BCUT2D eigenvalue weighted by Crippen LogP contribution is 2.64. The predicted octanol–water partition coefficient (Wildman–Crippen LogP) is 18.6.